The fourth-order valence-electron chi connectivity index (χ4n) is 2.36. The van der Waals surface area contributed by atoms with Gasteiger partial charge in [0.15, 0.2) is 0 Å². The van der Waals surface area contributed by atoms with Crippen LogP contribution < -0.4 is 4.74 Å². The van der Waals surface area contributed by atoms with E-state index in [1.807, 2.05) is 56.3 Å². The van der Waals surface area contributed by atoms with E-state index in [1.54, 1.807) is 0 Å². The van der Waals surface area contributed by atoms with Gasteiger partial charge in [-0.1, -0.05) is 49.4 Å². The lowest BCUT2D eigenvalue weighted by molar-refractivity contribution is 0.197. The van der Waals surface area contributed by atoms with Gasteiger partial charge in [0.05, 0.1) is 6.10 Å². The fourth-order valence-corrected chi connectivity index (χ4v) is 2.36. The van der Waals surface area contributed by atoms with Crippen LogP contribution in [0.25, 0.3) is 0 Å². The largest absolute Gasteiger partial charge is 0.491 e. The molecule has 2 heteroatoms. The molecule has 1 atom stereocenters. The van der Waals surface area contributed by atoms with Crippen molar-refractivity contribution in [2.24, 2.45) is 0 Å². The Hall–Kier alpha value is -1.80. The molecule has 1 unspecified atom stereocenters. The normalized spacial score (nSPS) is 12.4. The molecule has 2 nitrogen and oxygen atoms in total. The first-order valence-electron chi connectivity index (χ1n) is 7.15. The van der Waals surface area contributed by atoms with E-state index in [1.165, 1.54) is 5.56 Å². The quantitative estimate of drug-likeness (QED) is 0.885. The smallest absolute Gasteiger partial charge is 0.125 e. The average molecular weight is 270 g/mol. The first-order chi connectivity index (χ1) is 9.63. The zero-order valence-corrected chi connectivity index (χ0v) is 12.3. The summed E-state index contributed by atoms with van der Waals surface area (Å²) in [6.07, 6.45) is 0.339. The molecule has 0 fully saturated rings. The summed E-state index contributed by atoms with van der Waals surface area (Å²) in [7, 11) is 0. The molecule has 0 radical (unpaired) electrons. The molecule has 2 rings (SSSR count). The van der Waals surface area contributed by atoms with Crippen LogP contribution >= 0.6 is 0 Å². The van der Waals surface area contributed by atoms with Gasteiger partial charge in [-0.25, -0.2) is 0 Å². The fraction of sp³-hybridized carbons (Fsp3) is 0.333. The predicted molar refractivity (Wildman–Crippen MR) is 82.1 cm³/mol. The van der Waals surface area contributed by atoms with Crippen molar-refractivity contribution in [3.8, 4) is 5.75 Å². The van der Waals surface area contributed by atoms with Crippen molar-refractivity contribution in [3.05, 3.63) is 65.2 Å². The average Bonchev–Trinajstić information content (AvgIpc) is 2.46. The van der Waals surface area contributed by atoms with Crippen LogP contribution in [0.15, 0.2) is 48.5 Å². The van der Waals surface area contributed by atoms with Crippen LogP contribution in [0, 0.1) is 0 Å². The summed E-state index contributed by atoms with van der Waals surface area (Å²) in [5, 5.41) is 10.7. The molecule has 0 aromatic heterocycles. The summed E-state index contributed by atoms with van der Waals surface area (Å²) in [5.41, 5.74) is 2.94. The van der Waals surface area contributed by atoms with Gasteiger partial charge in [-0.3, -0.25) is 0 Å². The van der Waals surface area contributed by atoms with Crippen molar-refractivity contribution in [2.45, 2.75) is 39.4 Å². The van der Waals surface area contributed by atoms with Gasteiger partial charge in [-0.2, -0.15) is 0 Å². The highest BCUT2D eigenvalue weighted by Gasteiger charge is 2.18. The Labute approximate surface area is 121 Å². The number of para-hydroxylation sites is 1. The van der Waals surface area contributed by atoms with Crippen LogP contribution in [0.1, 0.15) is 43.6 Å². The minimum Gasteiger partial charge on any atom is -0.491 e. The number of hydrogen-bond acceptors (Lipinski definition) is 2. The lowest BCUT2D eigenvalue weighted by Gasteiger charge is -2.20. The lowest BCUT2D eigenvalue weighted by atomic mass is 9.95. The summed E-state index contributed by atoms with van der Waals surface area (Å²) >= 11 is 0. The summed E-state index contributed by atoms with van der Waals surface area (Å²) < 4.78 is 5.80. The van der Waals surface area contributed by atoms with Gasteiger partial charge in [-0.15, -0.1) is 0 Å². The highest BCUT2D eigenvalue weighted by Crippen LogP contribution is 2.32. The third-order valence-corrected chi connectivity index (χ3v) is 3.31. The molecule has 0 spiro atoms. The molecule has 0 heterocycles. The highest BCUT2D eigenvalue weighted by molar-refractivity contribution is 5.42. The third-order valence-electron chi connectivity index (χ3n) is 3.31. The number of aryl methyl sites for hydroxylation is 1. The van der Waals surface area contributed by atoms with E-state index in [0.717, 1.165) is 23.3 Å². The van der Waals surface area contributed by atoms with Crippen molar-refractivity contribution in [2.75, 3.05) is 0 Å². The zero-order valence-electron chi connectivity index (χ0n) is 12.3. The van der Waals surface area contributed by atoms with E-state index >= 15 is 0 Å². The number of aliphatic hydroxyl groups is 1. The topological polar surface area (TPSA) is 29.5 Å². The van der Waals surface area contributed by atoms with Gasteiger partial charge in [0.25, 0.3) is 0 Å². The summed E-state index contributed by atoms with van der Waals surface area (Å²) in [4.78, 5) is 0. The maximum absolute atomic E-state index is 10.7. The number of aliphatic hydroxyl groups excluding tert-OH is 1. The second-order valence-electron chi connectivity index (χ2n) is 5.16. The third kappa shape index (κ3) is 3.20. The van der Waals surface area contributed by atoms with Crippen molar-refractivity contribution >= 4 is 0 Å². The van der Waals surface area contributed by atoms with Crippen molar-refractivity contribution < 1.29 is 9.84 Å². The van der Waals surface area contributed by atoms with Crippen LogP contribution in [0.5, 0.6) is 5.75 Å². The molecule has 20 heavy (non-hydrogen) atoms. The van der Waals surface area contributed by atoms with Gasteiger partial charge in [0.2, 0.25) is 0 Å². The molecular weight excluding hydrogens is 248 g/mol. The van der Waals surface area contributed by atoms with E-state index in [-0.39, 0.29) is 6.10 Å². The maximum atomic E-state index is 10.7. The molecule has 0 aliphatic carbocycles. The second-order valence-corrected chi connectivity index (χ2v) is 5.16. The molecule has 0 saturated heterocycles. The Morgan fingerprint density at radius 2 is 1.55 bits per heavy atom. The van der Waals surface area contributed by atoms with Crippen molar-refractivity contribution in [3.63, 3.8) is 0 Å². The van der Waals surface area contributed by atoms with Gasteiger partial charge in [-0.05, 0) is 37.5 Å². The zero-order chi connectivity index (χ0) is 14.5. The minimum absolute atomic E-state index is 0.0877. The standard InChI is InChI=1S/C18H22O2/c1-4-14-9-5-6-10-15(14)18(19)16-11-7-8-12-17(16)20-13(2)3/h5-13,18-19H,4H2,1-3H3. The van der Waals surface area contributed by atoms with E-state index in [4.69, 9.17) is 4.74 Å². The Morgan fingerprint density at radius 1 is 0.950 bits per heavy atom. The van der Waals surface area contributed by atoms with Crippen molar-refractivity contribution in [1.29, 1.82) is 0 Å². The van der Waals surface area contributed by atoms with Crippen LogP contribution in [0.3, 0.4) is 0 Å². The number of rotatable bonds is 5. The van der Waals surface area contributed by atoms with Gasteiger partial charge in [0, 0.05) is 5.56 Å². The monoisotopic (exact) mass is 270 g/mol. The molecular formula is C18H22O2. The van der Waals surface area contributed by atoms with Gasteiger partial charge in [0.1, 0.15) is 11.9 Å². The predicted octanol–water partition coefficient (Wildman–Crippen LogP) is 4.12. The Kier molecular flexibility index (Phi) is 4.80. The first-order valence-corrected chi connectivity index (χ1v) is 7.15. The molecule has 2 aromatic carbocycles. The molecule has 0 amide bonds. The van der Waals surface area contributed by atoms with E-state index in [9.17, 15) is 5.11 Å². The molecule has 2 aromatic rings. The summed E-state index contributed by atoms with van der Waals surface area (Å²) in [6.45, 7) is 6.08. The first kappa shape index (κ1) is 14.6. The number of benzene rings is 2. The van der Waals surface area contributed by atoms with E-state index in [0.29, 0.717) is 0 Å². The minimum atomic E-state index is -0.652. The van der Waals surface area contributed by atoms with Crippen molar-refractivity contribution in [1.82, 2.24) is 0 Å². The van der Waals surface area contributed by atoms with Crippen LogP contribution in [-0.2, 0) is 6.42 Å². The molecule has 0 bridgehead atoms. The summed E-state index contributed by atoms with van der Waals surface area (Å²) in [6, 6.07) is 15.7. The highest BCUT2D eigenvalue weighted by atomic mass is 16.5. The molecule has 1 N–H and O–H groups in total. The maximum Gasteiger partial charge on any atom is 0.125 e. The molecule has 0 aliphatic rings. The van der Waals surface area contributed by atoms with E-state index in [2.05, 4.69) is 13.0 Å². The van der Waals surface area contributed by atoms with Gasteiger partial charge < -0.3 is 9.84 Å². The Balaban J connectivity index is 2.40. The number of hydrogen-bond donors (Lipinski definition) is 1. The molecule has 0 saturated carbocycles. The molecule has 106 valence electrons. The van der Waals surface area contributed by atoms with Crippen LogP contribution in [0.2, 0.25) is 0 Å². The Bertz CT molecular complexity index is 561. The lowest BCUT2D eigenvalue weighted by Crippen LogP contribution is -2.10. The number of ether oxygens (including phenoxy) is 1. The second kappa shape index (κ2) is 6.58. The van der Waals surface area contributed by atoms with Crippen LogP contribution in [-0.4, -0.2) is 11.2 Å². The summed E-state index contributed by atoms with van der Waals surface area (Å²) in [5.74, 6) is 0.751. The SMILES string of the molecule is CCc1ccccc1C(O)c1ccccc1OC(C)C. The van der Waals surface area contributed by atoms with Gasteiger partial charge >= 0.3 is 0 Å². The van der Waals surface area contributed by atoms with E-state index < -0.39 is 6.10 Å². The Morgan fingerprint density at radius 3 is 2.20 bits per heavy atom. The van der Waals surface area contributed by atoms with Crippen LogP contribution in [0.4, 0.5) is 0 Å². The molecule has 0 aliphatic heterocycles.